The number of thiophene rings is 1. The van der Waals surface area contributed by atoms with Gasteiger partial charge in [-0.25, -0.2) is 0 Å². The third-order valence-electron chi connectivity index (χ3n) is 2.78. The van der Waals surface area contributed by atoms with E-state index in [1.807, 2.05) is 18.4 Å². The number of rotatable bonds is 7. The van der Waals surface area contributed by atoms with Crippen LogP contribution in [-0.4, -0.2) is 25.8 Å². The Kier molecular flexibility index (Phi) is 6.03. The van der Waals surface area contributed by atoms with Gasteiger partial charge in [0.1, 0.15) is 0 Å². The number of likely N-dealkylation sites (N-methyl/N-ethyl adjacent to an activating group) is 1. The number of hydrogen-bond acceptors (Lipinski definition) is 3. The first-order chi connectivity index (χ1) is 7.69. The molecule has 1 aromatic rings. The molecule has 1 rings (SSSR count). The molecule has 1 heterocycles. The molecule has 3 heteroatoms. The maximum atomic E-state index is 5.85. The highest BCUT2D eigenvalue weighted by Crippen LogP contribution is 2.18. The van der Waals surface area contributed by atoms with Gasteiger partial charge >= 0.3 is 0 Å². The molecule has 0 aliphatic heterocycles. The van der Waals surface area contributed by atoms with Crippen molar-refractivity contribution in [2.45, 2.75) is 39.3 Å². The molecule has 1 N–H and O–H groups in total. The smallest absolute Gasteiger partial charge is 0.0754 e. The quantitative estimate of drug-likeness (QED) is 0.792. The Bertz CT molecular complexity index is 271. The fraction of sp³-hybridized carbons (Fsp3) is 0.692. The molecule has 92 valence electrons. The molecule has 0 amide bonds. The minimum Gasteiger partial charge on any atom is -0.377 e. The van der Waals surface area contributed by atoms with E-state index in [0.29, 0.717) is 12.0 Å². The summed E-state index contributed by atoms with van der Waals surface area (Å²) >= 11 is 1.82. The van der Waals surface area contributed by atoms with Crippen LogP contribution in [-0.2, 0) is 11.2 Å². The monoisotopic (exact) mass is 241 g/mol. The molecule has 0 aromatic carbocycles. The molecule has 0 spiro atoms. The summed E-state index contributed by atoms with van der Waals surface area (Å²) < 4.78 is 5.85. The van der Waals surface area contributed by atoms with E-state index in [1.165, 1.54) is 4.88 Å². The van der Waals surface area contributed by atoms with Crippen LogP contribution in [0, 0.1) is 5.92 Å². The molecular weight excluding hydrogens is 218 g/mol. The van der Waals surface area contributed by atoms with Crippen LogP contribution in [0.3, 0.4) is 0 Å². The van der Waals surface area contributed by atoms with Gasteiger partial charge in [0.2, 0.25) is 0 Å². The van der Waals surface area contributed by atoms with Crippen molar-refractivity contribution in [3.8, 4) is 0 Å². The SMILES string of the molecule is CCOC(C(C)C)C(Cc1cccs1)NC. The topological polar surface area (TPSA) is 21.3 Å². The Balaban J connectivity index is 2.63. The lowest BCUT2D eigenvalue weighted by Crippen LogP contribution is -2.44. The molecular formula is C13H23NOS. The van der Waals surface area contributed by atoms with Crippen LogP contribution in [0.1, 0.15) is 25.6 Å². The zero-order valence-corrected chi connectivity index (χ0v) is 11.5. The molecule has 16 heavy (non-hydrogen) atoms. The van der Waals surface area contributed by atoms with Crippen LogP contribution in [0.15, 0.2) is 17.5 Å². The summed E-state index contributed by atoms with van der Waals surface area (Å²) in [4.78, 5) is 1.42. The maximum Gasteiger partial charge on any atom is 0.0754 e. The van der Waals surface area contributed by atoms with Gasteiger partial charge in [-0.2, -0.15) is 0 Å². The Hall–Kier alpha value is -0.380. The van der Waals surface area contributed by atoms with E-state index in [9.17, 15) is 0 Å². The Morgan fingerprint density at radius 1 is 1.44 bits per heavy atom. The highest BCUT2D eigenvalue weighted by molar-refractivity contribution is 7.09. The average Bonchev–Trinajstić information content (AvgIpc) is 2.75. The van der Waals surface area contributed by atoms with Crippen molar-refractivity contribution in [3.05, 3.63) is 22.4 Å². The first-order valence-corrected chi connectivity index (χ1v) is 6.88. The van der Waals surface area contributed by atoms with E-state index in [1.54, 1.807) is 0 Å². The van der Waals surface area contributed by atoms with E-state index in [0.717, 1.165) is 13.0 Å². The highest BCUT2D eigenvalue weighted by Gasteiger charge is 2.24. The van der Waals surface area contributed by atoms with Gasteiger partial charge in [-0.3, -0.25) is 0 Å². The predicted molar refractivity (Wildman–Crippen MR) is 71.1 cm³/mol. The Morgan fingerprint density at radius 2 is 2.19 bits per heavy atom. The van der Waals surface area contributed by atoms with Crippen molar-refractivity contribution in [1.29, 1.82) is 0 Å². The second kappa shape index (κ2) is 7.05. The Labute approximate surface area is 103 Å². The summed E-state index contributed by atoms with van der Waals surface area (Å²) in [7, 11) is 2.02. The van der Waals surface area contributed by atoms with Crippen molar-refractivity contribution < 1.29 is 4.74 Å². The fourth-order valence-electron chi connectivity index (χ4n) is 1.99. The van der Waals surface area contributed by atoms with Gasteiger partial charge in [0.05, 0.1) is 6.10 Å². The number of hydrogen-bond donors (Lipinski definition) is 1. The summed E-state index contributed by atoms with van der Waals surface area (Å²) in [6.45, 7) is 7.29. The normalized spacial score (nSPS) is 15.3. The molecule has 2 nitrogen and oxygen atoms in total. The predicted octanol–water partition coefficient (Wildman–Crippen LogP) is 2.94. The van der Waals surface area contributed by atoms with Crippen molar-refractivity contribution in [1.82, 2.24) is 5.32 Å². The molecule has 0 aliphatic carbocycles. The van der Waals surface area contributed by atoms with Crippen LogP contribution in [0.5, 0.6) is 0 Å². The van der Waals surface area contributed by atoms with Crippen LogP contribution in [0.2, 0.25) is 0 Å². The summed E-state index contributed by atoms with van der Waals surface area (Å²) in [6, 6.07) is 4.70. The van der Waals surface area contributed by atoms with Crippen LogP contribution in [0.25, 0.3) is 0 Å². The van der Waals surface area contributed by atoms with Crippen molar-refractivity contribution in [2.75, 3.05) is 13.7 Å². The minimum absolute atomic E-state index is 0.289. The first-order valence-electron chi connectivity index (χ1n) is 6.00. The average molecular weight is 241 g/mol. The maximum absolute atomic E-state index is 5.85. The molecule has 0 fully saturated rings. The van der Waals surface area contributed by atoms with E-state index < -0.39 is 0 Å². The summed E-state index contributed by atoms with van der Waals surface area (Å²) in [5, 5.41) is 5.52. The van der Waals surface area contributed by atoms with Crippen molar-refractivity contribution in [3.63, 3.8) is 0 Å². The highest BCUT2D eigenvalue weighted by atomic mass is 32.1. The third kappa shape index (κ3) is 3.89. The molecule has 2 unspecified atom stereocenters. The lowest BCUT2D eigenvalue weighted by molar-refractivity contribution is 0.00553. The largest absolute Gasteiger partial charge is 0.377 e. The van der Waals surface area contributed by atoms with Gasteiger partial charge < -0.3 is 10.1 Å². The zero-order valence-electron chi connectivity index (χ0n) is 10.7. The van der Waals surface area contributed by atoms with E-state index >= 15 is 0 Å². The van der Waals surface area contributed by atoms with Gasteiger partial charge in [-0.05, 0) is 37.8 Å². The van der Waals surface area contributed by atoms with Crippen molar-refractivity contribution in [2.24, 2.45) is 5.92 Å². The molecule has 0 saturated heterocycles. The minimum atomic E-state index is 0.289. The molecule has 0 saturated carbocycles. The second-order valence-corrected chi connectivity index (χ2v) is 5.37. The van der Waals surface area contributed by atoms with E-state index in [-0.39, 0.29) is 6.10 Å². The van der Waals surface area contributed by atoms with Crippen molar-refractivity contribution >= 4 is 11.3 Å². The summed E-state index contributed by atoms with van der Waals surface area (Å²) in [5.74, 6) is 0.539. The van der Waals surface area contributed by atoms with Gasteiger partial charge in [-0.1, -0.05) is 19.9 Å². The standard InChI is InChI=1S/C13H23NOS/c1-5-15-13(10(2)3)12(14-4)9-11-7-6-8-16-11/h6-8,10,12-14H,5,9H2,1-4H3. The second-order valence-electron chi connectivity index (χ2n) is 4.34. The van der Waals surface area contributed by atoms with Crippen LogP contribution >= 0.6 is 11.3 Å². The lowest BCUT2D eigenvalue weighted by Gasteiger charge is -2.29. The Morgan fingerprint density at radius 3 is 2.62 bits per heavy atom. The van der Waals surface area contributed by atoms with Crippen LogP contribution in [0.4, 0.5) is 0 Å². The molecule has 2 atom stereocenters. The molecule has 0 aliphatic rings. The lowest BCUT2D eigenvalue weighted by atomic mass is 9.96. The first kappa shape index (κ1) is 13.7. The van der Waals surface area contributed by atoms with E-state index in [4.69, 9.17) is 4.74 Å². The summed E-state index contributed by atoms with van der Waals surface area (Å²) in [5.41, 5.74) is 0. The van der Waals surface area contributed by atoms with Gasteiger partial charge in [-0.15, -0.1) is 11.3 Å². The summed E-state index contributed by atoms with van der Waals surface area (Å²) in [6.07, 6.45) is 1.34. The molecule has 1 aromatic heterocycles. The van der Waals surface area contributed by atoms with Gasteiger partial charge in [0, 0.05) is 17.5 Å². The van der Waals surface area contributed by atoms with Gasteiger partial charge in [0.15, 0.2) is 0 Å². The number of ether oxygens (including phenoxy) is 1. The number of nitrogens with one attached hydrogen (secondary N) is 1. The molecule has 0 radical (unpaired) electrons. The molecule has 0 bridgehead atoms. The fourth-order valence-corrected chi connectivity index (χ4v) is 2.76. The third-order valence-corrected chi connectivity index (χ3v) is 3.68. The zero-order chi connectivity index (χ0) is 12.0. The van der Waals surface area contributed by atoms with Crippen LogP contribution < -0.4 is 5.32 Å². The van der Waals surface area contributed by atoms with Gasteiger partial charge in [0.25, 0.3) is 0 Å². The van der Waals surface area contributed by atoms with E-state index in [2.05, 4.69) is 43.6 Å².